The molecule has 204 valence electrons. The molecule has 6 rings (SSSR count). The van der Waals surface area contributed by atoms with E-state index in [2.05, 4.69) is 32.1 Å². The maximum atomic E-state index is 13.0. The van der Waals surface area contributed by atoms with E-state index in [1.165, 1.54) is 5.69 Å². The zero-order valence-corrected chi connectivity index (χ0v) is 23.1. The van der Waals surface area contributed by atoms with Crippen molar-refractivity contribution < 1.29 is 14.1 Å². The van der Waals surface area contributed by atoms with Crippen molar-refractivity contribution in [2.24, 2.45) is 0 Å². The highest BCUT2D eigenvalue weighted by atomic mass is 35.5. The van der Waals surface area contributed by atoms with Gasteiger partial charge in [0, 0.05) is 75.5 Å². The van der Waals surface area contributed by atoms with Gasteiger partial charge in [0.1, 0.15) is 11.4 Å². The zero-order chi connectivity index (χ0) is 26.1. The molecule has 2 aromatic rings. The van der Waals surface area contributed by atoms with Gasteiger partial charge in [0.05, 0.1) is 13.2 Å². The number of anilines is 3. The summed E-state index contributed by atoms with van der Waals surface area (Å²) < 4.78 is 18.4. The highest BCUT2D eigenvalue weighted by molar-refractivity contribution is 7.91. The molecular weight excluding hydrogens is 526 g/mol. The lowest BCUT2D eigenvalue weighted by Crippen LogP contribution is -2.49. The van der Waals surface area contributed by atoms with E-state index in [9.17, 15) is 9.35 Å². The van der Waals surface area contributed by atoms with Crippen LogP contribution in [-0.2, 0) is 22.3 Å². The second-order valence-electron chi connectivity index (χ2n) is 10.1. The van der Waals surface area contributed by atoms with Crippen LogP contribution in [0.25, 0.3) is 0 Å². The standard InChI is InChI=1S/C26H34ClN7O3S/c27-19-3-5-20(6-4-19)31-9-11-32(12-10-31)25-29-22-7-17-38(36)23(22)24(30-25)34-8-1-2-21(34)18-28-26(35)33-13-15-37-16-14-33/h3-6,21H,1-2,7-18H2,(H,28,35)/t21-,38?/m0/s1. The number of aryl methyl sites for hydroxylation is 1. The van der Waals surface area contributed by atoms with Crippen LogP contribution in [0.4, 0.5) is 22.2 Å². The Morgan fingerprint density at radius 3 is 2.55 bits per heavy atom. The molecule has 1 unspecified atom stereocenters. The summed E-state index contributed by atoms with van der Waals surface area (Å²) in [6.45, 7) is 7.12. The third kappa shape index (κ3) is 5.34. The van der Waals surface area contributed by atoms with Gasteiger partial charge in [-0.2, -0.15) is 4.98 Å². The number of piperazine rings is 1. The average molecular weight is 560 g/mol. The maximum absolute atomic E-state index is 13.0. The molecule has 1 aromatic heterocycles. The molecular formula is C26H34ClN7O3S. The van der Waals surface area contributed by atoms with Crippen LogP contribution in [0.5, 0.6) is 0 Å². The van der Waals surface area contributed by atoms with E-state index in [-0.39, 0.29) is 12.1 Å². The molecule has 0 bridgehead atoms. The summed E-state index contributed by atoms with van der Waals surface area (Å²) in [5.74, 6) is 2.11. The smallest absolute Gasteiger partial charge is 0.317 e. The lowest BCUT2D eigenvalue weighted by atomic mass is 10.2. The maximum Gasteiger partial charge on any atom is 0.317 e. The van der Waals surface area contributed by atoms with Gasteiger partial charge in [0.2, 0.25) is 10.8 Å². The van der Waals surface area contributed by atoms with Gasteiger partial charge >= 0.3 is 6.03 Å². The van der Waals surface area contributed by atoms with Crippen molar-refractivity contribution in [3.8, 4) is 0 Å². The molecule has 1 N–H and O–H groups in total. The quantitative estimate of drug-likeness (QED) is 0.556. The second-order valence-corrected chi connectivity index (χ2v) is 12.1. The van der Waals surface area contributed by atoms with Gasteiger partial charge in [0.25, 0.3) is 0 Å². The first-order valence-corrected chi connectivity index (χ1v) is 15.2. The number of halogens is 1. The molecule has 0 saturated carbocycles. The average Bonchev–Trinajstić information content (AvgIpc) is 3.59. The summed E-state index contributed by atoms with van der Waals surface area (Å²) in [7, 11) is 0. The van der Waals surface area contributed by atoms with Crippen LogP contribution in [0.2, 0.25) is 5.02 Å². The van der Waals surface area contributed by atoms with Crippen molar-refractivity contribution in [2.45, 2.75) is 30.2 Å². The van der Waals surface area contributed by atoms with Gasteiger partial charge in [-0.15, -0.1) is 0 Å². The van der Waals surface area contributed by atoms with E-state index in [1.807, 2.05) is 17.0 Å². The number of hydrogen-bond acceptors (Lipinski definition) is 8. The minimum absolute atomic E-state index is 0.0455. The number of ether oxygens (including phenoxy) is 1. The van der Waals surface area contributed by atoms with Gasteiger partial charge in [-0.25, -0.2) is 9.78 Å². The van der Waals surface area contributed by atoms with Crippen molar-refractivity contribution in [2.75, 3.05) is 86.0 Å². The number of fused-ring (bicyclic) bond motifs is 1. The van der Waals surface area contributed by atoms with Crippen LogP contribution in [0.1, 0.15) is 18.5 Å². The van der Waals surface area contributed by atoms with Crippen molar-refractivity contribution in [3.05, 3.63) is 35.0 Å². The Morgan fingerprint density at radius 2 is 1.79 bits per heavy atom. The third-order valence-electron chi connectivity index (χ3n) is 7.85. The highest BCUT2D eigenvalue weighted by Gasteiger charge is 2.38. The minimum atomic E-state index is -1.10. The molecule has 38 heavy (non-hydrogen) atoms. The topological polar surface area (TPSA) is 100 Å². The Hall–Kier alpha value is -2.47. The fraction of sp³-hybridized carbons (Fsp3) is 0.577. The second kappa shape index (κ2) is 11.3. The van der Waals surface area contributed by atoms with Gasteiger partial charge < -0.3 is 34.2 Å². The number of rotatable bonds is 5. The van der Waals surface area contributed by atoms with Crippen LogP contribution in [0, 0.1) is 0 Å². The Morgan fingerprint density at radius 1 is 1.05 bits per heavy atom. The first-order chi connectivity index (χ1) is 18.6. The van der Waals surface area contributed by atoms with E-state index in [0.717, 1.165) is 72.9 Å². The first kappa shape index (κ1) is 25.8. The Balaban J connectivity index is 1.17. The van der Waals surface area contributed by atoms with Gasteiger partial charge in [0.15, 0.2) is 5.82 Å². The Labute approximate surface area is 231 Å². The van der Waals surface area contributed by atoms with Gasteiger partial charge in [-0.3, -0.25) is 0 Å². The molecule has 0 spiro atoms. The molecule has 5 heterocycles. The number of urea groups is 1. The SMILES string of the molecule is O=C(NC[C@@H]1CCCN1c1nc(N2CCN(c3ccc(Cl)cc3)CC2)nc2c1[S+]([O-])CC2)N1CCOCC1. The fourth-order valence-corrected chi connectivity index (χ4v) is 7.21. The summed E-state index contributed by atoms with van der Waals surface area (Å²) in [5, 5.41) is 3.86. The van der Waals surface area contributed by atoms with E-state index in [1.54, 1.807) is 0 Å². The van der Waals surface area contributed by atoms with Crippen molar-refractivity contribution in [1.29, 1.82) is 0 Å². The summed E-state index contributed by atoms with van der Waals surface area (Å²) >= 11 is 4.97. The van der Waals surface area contributed by atoms with Crippen LogP contribution in [0.3, 0.4) is 0 Å². The largest absolute Gasteiger partial charge is 0.611 e. The van der Waals surface area contributed by atoms with Crippen molar-refractivity contribution >= 4 is 46.3 Å². The lowest BCUT2D eigenvalue weighted by molar-refractivity contribution is 0.0531. The molecule has 1 aromatic carbocycles. The molecule has 3 fully saturated rings. The highest BCUT2D eigenvalue weighted by Crippen LogP contribution is 2.37. The number of carbonyl (C=O) groups excluding carboxylic acids is 1. The molecule has 0 aliphatic carbocycles. The normalized spacial score (nSPS) is 23.6. The molecule has 4 aliphatic heterocycles. The van der Waals surface area contributed by atoms with Crippen LogP contribution >= 0.6 is 11.6 Å². The third-order valence-corrected chi connectivity index (χ3v) is 9.55. The lowest BCUT2D eigenvalue weighted by Gasteiger charge is -2.36. The molecule has 3 saturated heterocycles. The molecule has 2 amide bonds. The first-order valence-electron chi connectivity index (χ1n) is 13.5. The fourth-order valence-electron chi connectivity index (χ4n) is 5.73. The molecule has 4 aliphatic rings. The number of amides is 2. The molecule has 2 atom stereocenters. The summed E-state index contributed by atoms with van der Waals surface area (Å²) in [6.07, 6.45) is 2.68. The summed E-state index contributed by atoms with van der Waals surface area (Å²) in [4.78, 5) is 32.1. The minimum Gasteiger partial charge on any atom is -0.611 e. The van der Waals surface area contributed by atoms with E-state index in [4.69, 9.17) is 26.3 Å². The van der Waals surface area contributed by atoms with Gasteiger partial charge in [-0.1, -0.05) is 11.6 Å². The van der Waals surface area contributed by atoms with E-state index in [0.29, 0.717) is 45.0 Å². The van der Waals surface area contributed by atoms with Crippen molar-refractivity contribution in [1.82, 2.24) is 20.2 Å². The Bertz CT molecular complexity index is 1140. The number of hydrogen-bond donors (Lipinski definition) is 1. The number of aromatic nitrogens is 2. The van der Waals surface area contributed by atoms with E-state index >= 15 is 0 Å². The zero-order valence-electron chi connectivity index (χ0n) is 21.5. The van der Waals surface area contributed by atoms with Gasteiger partial charge in [-0.05, 0) is 48.3 Å². The predicted octanol–water partition coefficient (Wildman–Crippen LogP) is 2.13. The number of nitrogens with one attached hydrogen (secondary N) is 1. The Kier molecular flexibility index (Phi) is 7.69. The van der Waals surface area contributed by atoms with E-state index < -0.39 is 11.2 Å². The predicted molar refractivity (Wildman–Crippen MR) is 149 cm³/mol. The monoisotopic (exact) mass is 559 g/mol. The number of morpholine rings is 1. The summed E-state index contributed by atoms with van der Waals surface area (Å²) in [6, 6.07) is 8.04. The molecule has 0 radical (unpaired) electrons. The number of carbonyl (C=O) groups is 1. The van der Waals surface area contributed by atoms with Crippen LogP contribution in [0.15, 0.2) is 29.2 Å². The number of benzene rings is 1. The molecule has 12 heteroatoms. The van der Waals surface area contributed by atoms with Crippen molar-refractivity contribution in [3.63, 3.8) is 0 Å². The van der Waals surface area contributed by atoms with Crippen LogP contribution < -0.4 is 20.0 Å². The van der Waals surface area contributed by atoms with Crippen LogP contribution in [-0.4, -0.2) is 103 Å². The molecule has 10 nitrogen and oxygen atoms in total. The number of nitrogens with zero attached hydrogens (tertiary/aromatic N) is 6. The summed E-state index contributed by atoms with van der Waals surface area (Å²) in [5.41, 5.74) is 2.07.